The van der Waals surface area contributed by atoms with E-state index in [0.717, 1.165) is 25.2 Å². The lowest BCUT2D eigenvalue weighted by molar-refractivity contribution is -0.0648. The molecule has 1 aliphatic heterocycles. The third-order valence-corrected chi connectivity index (χ3v) is 4.39. The lowest BCUT2D eigenvalue weighted by atomic mass is 9.90. The van der Waals surface area contributed by atoms with Gasteiger partial charge in [0.25, 0.3) is 0 Å². The molecule has 2 rings (SSSR count). The minimum atomic E-state index is -0.0214. The smallest absolute Gasteiger partial charge is 0.119 e. The first kappa shape index (κ1) is 18.3. The second-order valence-electron chi connectivity index (χ2n) is 7.92. The molecule has 0 aromatic heterocycles. The van der Waals surface area contributed by atoms with Crippen molar-refractivity contribution in [3.8, 4) is 5.75 Å². The first-order valence-electron chi connectivity index (χ1n) is 8.93. The highest BCUT2D eigenvalue weighted by molar-refractivity contribution is 5.29. The molecular weight excluding hydrogens is 286 g/mol. The van der Waals surface area contributed by atoms with Crippen molar-refractivity contribution in [1.82, 2.24) is 5.32 Å². The van der Waals surface area contributed by atoms with Gasteiger partial charge in [-0.25, -0.2) is 0 Å². The van der Waals surface area contributed by atoms with Crippen LogP contribution in [0.25, 0.3) is 0 Å². The lowest BCUT2D eigenvalue weighted by Crippen LogP contribution is -2.45. The topological polar surface area (TPSA) is 30.5 Å². The molecule has 130 valence electrons. The predicted molar refractivity (Wildman–Crippen MR) is 96.0 cm³/mol. The fourth-order valence-corrected chi connectivity index (χ4v) is 3.33. The molecule has 1 heterocycles. The Hall–Kier alpha value is -1.06. The molecule has 1 N–H and O–H groups in total. The zero-order valence-corrected chi connectivity index (χ0v) is 15.6. The molecule has 0 radical (unpaired) electrons. The van der Waals surface area contributed by atoms with Crippen molar-refractivity contribution in [3.63, 3.8) is 0 Å². The van der Waals surface area contributed by atoms with E-state index in [0.29, 0.717) is 18.0 Å². The monoisotopic (exact) mass is 319 g/mol. The lowest BCUT2D eigenvalue weighted by Gasteiger charge is -2.38. The standard InChI is InChI=1S/C20H33NO2/c1-14(2)19(21-17-11-12-22-20(5,6)13-17)16-7-9-18(10-8-16)23-15(3)4/h7-10,14-15,17,19,21H,11-13H2,1-6H3/t17-,19-/m0/s1. The predicted octanol–water partition coefficient (Wildman–Crippen LogP) is 4.72. The van der Waals surface area contributed by atoms with E-state index in [9.17, 15) is 0 Å². The zero-order chi connectivity index (χ0) is 17.0. The summed E-state index contributed by atoms with van der Waals surface area (Å²) in [6.07, 6.45) is 2.36. The molecule has 0 amide bonds. The minimum absolute atomic E-state index is 0.0214. The van der Waals surface area contributed by atoms with Crippen molar-refractivity contribution in [2.45, 2.75) is 78.2 Å². The van der Waals surface area contributed by atoms with Gasteiger partial charge in [-0.3, -0.25) is 0 Å². The van der Waals surface area contributed by atoms with Gasteiger partial charge in [0.05, 0.1) is 11.7 Å². The molecule has 3 heteroatoms. The number of nitrogens with one attached hydrogen (secondary N) is 1. The summed E-state index contributed by atoms with van der Waals surface area (Å²) < 4.78 is 11.6. The highest BCUT2D eigenvalue weighted by Gasteiger charge is 2.30. The van der Waals surface area contributed by atoms with Crippen molar-refractivity contribution < 1.29 is 9.47 Å². The number of hydrogen-bond acceptors (Lipinski definition) is 3. The first-order valence-corrected chi connectivity index (χ1v) is 8.93. The van der Waals surface area contributed by atoms with Crippen LogP contribution in [0.5, 0.6) is 5.75 Å². The summed E-state index contributed by atoms with van der Waals surface area (Å²) in [5, 5.41) is 3.87. The Balaban J connectivity index is 2.06. The van der Waals surface area contributed by atoms with Crippen LogP contribution in [-0.4, -0.2) is 24.4 Å². The van der Waals surface area contributed by atoms with E-state index < -0.39 is 0 Å². The summed E-state index contributed by atoms with van der Waals surface area (Å²) in [4.78, 5) is 0. The van der Waals surface area contributed by atoms with Gasteiger partial charge in [0.1, 0.15) is 5.75 Å². The SMILES string of the molecule is CC(C)Oc1ccc([C@@H](N[C@H]2CCOC(C)(C)C2)C(C)C)cc1. The van der Waals surface area contributed by atoms with E-state index in [2.05, 4.69) is 71.1 Å². The van der Waals surface area contributed by atoms with Gasteiger partial charge < -0.3 is 14.8 Å². The van der Waals surface area contributed by atoms with E-state index >= 15 is 0 Å². The van der Waals surface area contributed by atoms with Crippen molar-refractivity contribution in [1.29, 1.82) is 0 Å². The molecule has 1 aliphatic rings. The van der Waals surface area contributed by atoms with Crippen LogP contribution in [-0.2, 0) is 4.74 Å². The van der Waals surface area contributed by atoms with E-state index in [1.807, 2.05) is 0 Å². The summed E-state index contributed by atoms with van der Waals surface area (Å²) in [6.45, 7) is 13.9. The Morgan fingerprint density at radius 1 is 1.13 bits per heavy atom. The molecule has 0 spiro atoms. The number of rotatable bonds is 6. The fraction of sp³-hybridized carbons (Fsp3) is 0.700. The minimum Gasteiger partial charge on any atom is -0.491 e. The average molecular weight is 319 g/mol. The van der Waals surface area contributed by atoms with Gasteiger partial charge >= 0.3 is 0 Å². The fourth-order valence-electron chi connectivity index (χ4n) is 3.33. The quantitative estimate of drug-likeness (QED) is 0.823. The normalized spacial score (nSPS) is 22.3. The van der Waals surface area contributed by atoms with Crippen molar-refractivity contribution in [3.05, 3.63) is 29.8 Å². The van der Waals surface area contributed by atoms with Crippen molar-refractivity contribution >= 4 is 0 Å². The summed E-state index contributed by atoms with van der Waals surface area (Å²) in [6, 6.07) is 9.43. The van der Waals surface area contributed by atoms with Gasteiger partial charge in [-0.05, 0) is 64.2 Å². The second-order valence-corrected chi connectivity index (χ2v) is 7.92. The van der Waals surface area contributed by atoms with E-state index in [1.165, 1.54) is 5.56 Å². The van der Waals surface area contributed by atoms with Crippen LogP contribution < -0.4 is 10.1 Å². The van der Waals surface area contributed by atoms with E-state index in [1.54, 1.807) is 0 Å². The van der Waals surface area contributed by atoms with Gasteiger partial charge in [0.15, 0.2) is 0 Å². The zero-order valence-electron chi connectivity index (χ0n) is 15.6. The Kier molecular flexibility index (Phi) is 6.10. The number of hydrogen-bond donors (Lipinski definition) is 1. The van der Waals surface area contributed by atoms with Crippen molar-refractivity contribution in [2.75, 3.05) is 6.61 Å². The van der Waals surface area contributed by atoms with Crippen LogP contribution in [0.2, 0.25) is 0 Å². The van der Waals surface area contributed by atoms with Gasteiger partial charge in [-0.2, -0.15) is 0 Å². The summed E-state index contributed by atoms with van der Waals surface area (Å²) in [7, 11) is 0. The van der Waals surface area contributed by atoms with Gasteiger partial charge in [0.2, 0.25) is 0 Å². The Morgan fingerprint density at radius 3 is 2.30 bits per heavy atom. The maximum Gasteiger partial charge on any atom is 0.119 e. The maximum atomic E-state index is 5.84. The molecule has 0 bridgehead atoms. The third-order valence-electron chi connectivity index (χ3n) is 4.39. The van der Waals surface area contributed by atoms with Crippen LogP contribution in [0.3, 0.4) is 0 Å². The molecule has 0 aliphatic carbocycles. The van der Waals surface area contributed by atoms with Gasteiger partial charge in [-0.15, -0.1) is 0 Å². The summed E-state index contributed by atoms with van der Waals surface area (Å²) in [5.74, 6) is 1.48. The number of benzene rings is 1. The molecule has 23 heavy (non-hydrogen) atoms. The Morgan fingerprint density at radius 2 is 1.78 bits per heavy atom. The summed E-state index contributed by atoms with van der Waals surface area (Å²) >= 11 is 0. The van der Waals surface area contributed by atoms with Crippen LogP contribution in [0.15, 0.2) is 24.3 Å². The van der Waals surface area contributed by atoms with E-state index in [4.69, 9.17) is 9.47 Å². The second kappa shape index (κ2) is 7.67. The first-order chi connectivity index (χ1) is 10.8. The highest BCUT2D eigenvalue weighted by Crippen LogP contribution is 2.29. The van der Waals surface area contributed by atoms with Gasteiger partial charge in [-0.1, -0.05) is 26.0 Å². The van der Waals surface area contributed by atoms with Crippen LogP contribution in [0, 0.1) is 5.92 Å². The molecule has 1 saturated heterocycles. The largest absolute Gasteiger partial charge is 0.491 e. The third kappa shape index (κ3) is 5.50. The maximum absolute atomic E-state index is 5.84. The molecule has 2 atom stereocenters. The van der Waals surface area contributed by atoms with Gasteiger partial charge in [0, 0.05) is 18.7 Å². The van der Waals surface area contributed by atoms with Crippen LogP contribution in [0.4, 0.5) is 0 Å². The Labute approximate surface area is 141 Å². The Bertz CT molecular complexity index is 479. The highest BCUT2D eigenvalue weighted by atomic mass is 16.5. The van der Waals surface area contributed by atoms with E-state index in [-0.39, 0.29) is 11.7 Å². The van der Waals surface area contributed by atoms with Crippen molar-refractivity contribution in [2.24, 2.45) is 5.92 Å². The molecule has 1 fully saturated rings. The molecular formula is C20H33NO2. The molecule has 1 aromatic carbocycles. The molecule has 1 aromatic rings. The number of ether oxygens (including phenoxy) is 2. The summed E-state index contributed by atoms with van der Waals surface area (Å²) in [5.41, 5.74) is 1.31. The molecule has 0 unspecified atom stereocenters. The molecule has 0 saturated carbocycles. The average Bonchev–Trinajstić information content (AvgIpc) is 2.44. The van der Waals surface area contributed by atoms with Crippen LogP contribution >= 0.6 is 0 Å². The molecule has 3 nitrogen and oxygen atoms in total. The van der Waals surface area contributed by atoms with Crippen LogP contribution in [0.1, 0.15) is 66.0 Å².